The van der Waals surface area contributed by atoms with Gasteiger partial charge in [-0.1, -0.05) is 0 Å². The summed E-state index contributed by atoms with van der Waals surface area (Å²) in [6.07, 6.45) is 10.5. The van der Waals surface area contributed by atoms with Crippen LogP contribution in [0.3, 0.4) is 0 Å². The van der Waals surface area contributed by atoms with Gasteiger partial charge in [0.05, 0.1) is 0 Å². The molecule has 0 saturated heterocycles. The molecule has 4 saturated carbocycles. The fraction of sp³-hybridized carbons (Fsp3) is 0.700. The zero-order valence-electron chi connectivity index (χ0n) is 13.9. The van der Waals surface area contributed by atoms with Crippen molar-refractivity contribution in [3.05, 3.63) is 18.2 Å². The van der Waals surface area contributed by atoms with Crippen molar-refractivity contribution in [2.75, 3.05) is 25.1 Å². The summed E-state index contributed by atoms with van der Waals surface area (Å²) in [4.78, 5) is 0. The van der Waals surface area contributed by atoms with Crippen LogP contribution >= 0.6 is 0 Å². The van der Waals surface area contributed by atoms with Crippen molar-refractivity contribution >= 4 is 5.69 Å². The third-order valence-electron chi connectivity index (χ3n) is 6.69. The van der Waals surface area contributed by atoms with Gasteiger partial charge in [-0.3, -0.25) is 0 Å². The molecule has 4 aliphatic carbocycles. The molecule has 0 amide bonds. The molecule has 1 heterocycles. The van der Waals surface area contributed by atoms with Gasteiger partial charge in [0, 0.05) is 18.3 Å². The van der Waals surface area contributed by atoms with E-state index in [1.807, 2.05) is 6.07 Å². The largest absolute Gasteiger partial charge is 0.486 e. The van der Waals surface area contributed by atoms with E-state index in [1.54, 1.807) is 0 Å². The Morgan fingerprint density at radius 1 is 0.913 bits per heavy atom. The first-order valence-electron chi connectivity index (χ1n) is 9.42. The first-order valence-corrected chi connectivity index (χ1v) is 9.42. The minimum absolute atomic E-state index is 0.656. The van der Waals surface area contributed by atoms with Gasteiger partial charge in [-0.15, -0.1) is 0 Å². The Hall–Kier alpha value is -1.38. The predicted octanol–water partition coefficient (Wildman–Crippen LogP) is 4.48. The van der Waals surface area contributed by atoms with Crippen molar-refractivity contribution in [2.45, 2.75) is 44.9 Å². The molecule has 0 spiro atoms. The van der Waals surface area contributed by atoms with E-state index in [1.165, 1.54) is 50.6 Å². The van der Waals surface area contributed by atoms with Crippen molar-refractivity contribution < 1.29 is 9.47 Å². The highest BCUT2D eigenvalue weighted by Crippen LogP contribution is 2.61. The lowest BCUT2D eigenvalue weighted by atomic mass is 9.49. The van der Waals surface area contributed by atoms with Crippen molar-refractivity contribution in [3.63, 3.8) is 0 Å². The molecule has 4 bridgehead atoms. The van der Waals surface area contributed by atoms with Gasteiger partial charge >= 0.3 is 0 Å². The van der Waals surface area contributed by atoms with Crippen LogP contribution in [-0.2, 0) is 0 Å². The van der Waals surface area contributed by atoms with Gasteiger partial charge in [-0.25, -0.2) is 0 Å². The molecule has 1 N–H and O–H groups in total. The second-order valence-electron chi connectivity index (χ2n) is 8.45. The average molecular weight is 313 g/mol. The van der Waals surface area contributed by atoms with Crippen LogP contribution in [0, 0.1) is 23.2 Å². The highest BCUT2D eigenvalue weighted by atomic mass is 16.6. The van der Waals surface area contributed by atoms with Crippen LogP contribution in [0.1, 0.15) is 44.9 Å². The Morgan fingerprint density at radius 2 is 1.57 bits per heavy atom. The normalized spacial score (nSPS) is 37.0. The third kappa shape index (κ3) is 2.58. The average Bonchev–Trinajstić information content (AvgIpc) is 2.53. The van der Waals surface area contributed by atoms with Crippen LogP contribution in [0.25, 0.3) is 0 Å². The van der Waals surface area contributed by atoms with E-state index in [2.05, 4.69) is 17.4 Å². The molecule has 1 aromatic rings. The van der Waals surface area contributed by atoms with Crippen LogP contribution in [-0.4, -0.2) is 19.8 Å². The van der Waals surface area contributed by atoms with E-state index in [-0.39, 0.29) is 0 Å². The molecule has 3 nitrogen and oxygen atoms in total. The minimum atomic E-state index is 0.656. The van der Waals surface area contributed by atoms with Crippen molar-refractivity contribution in [1.82, 2.24) is 0 Å². The van der Waals surface area contributed by atoms with Gasteiger partial charge in [0.15, 0.2) is 11.5 Å². The standard InChI is InChI=1S/C20H27NO2/c1-2-18-19(23-6-5-22-18)10-17(1)21-4-3-20-11-14-7-15(12-20)9-16(8-14)13-20/h1-2,10,14-16,21H,3-9,11-13H2. The van der Waals surface area contributed by atoms with E-state index in [0.717, 1.165) is 35.8 Å². The first-order chi connectivity index (χ1) is 11.3. The second kappa shape index (κ2) is 5.32. The zero-order valence-corrected chi connectivity index (χ0v) is 13.9. The van der Waals surface area contributed by atoms with Crippen molar-refractivity contribution in [2.24, 2.45) is 23.2 Å². The predicted molar refractivity (Wildman–Crippen MR) is 91.1 cm³/mol. The van der Waals surface area contributed by atoms with Crippen LogP contribution in [0.4, 0.5) is 5.69 Å². The second-order valence-corrected chi connectivity index (χ2v) is 8.45. The maximum atomic E-state index is 5.68. The molecule has 5 aliphatic rings. The molecule has 124 valence electrons. The van der Waals surface area contributed by atoms with Gasteiger partial charge in [-0.05, 0) is 80.2 Å². The lowest BCUT2D eigenvalue weighted by Crippen LogP contribution is -2.46. The van der Waals surface area contributed by atoms with Gasteiger partial charge in [0.2, 0.25) is 0 Å². The summed E-state index contributed by atoms with van der Waals surface area (Å²) in [6, 6.07) is 6.24. The van der Waals surface area contributed by atoms with Crippen molar-refractivity contribution in [1.29, 1.82) is 0 Å². The Morgan fingerprint density at radius 3 is 2.26 bits per heavy atom. The Labute approximate surface area is 138 Å². The molecule has 1 aromatic carbocycles. The smallest absolute Gasteiger partial charge is 0.163 e. The third-order valence-corrected chi connectivity index (χ3v) is 6.69. The van der Waals surface area contributed by atoms with E-state index in [9.17, 15) is 0 Å². The molecule has 4 fully saturated rings. The van der Waals surface area contributed by atoms with Gasteiger partial charge < -0.3 is 14.8 Å². The summed E-state index contributed by atoms with van der Waals surface area (Å²) in [5.74, 6) is 4.92. The monoisotopic (exact) mass is 313 g/mol. The molecule has 6 rings (SSSR count). The summed E-state index contributed by atoms with van der Waals surface area (Å²) < 4.78 is 11.3. The number of hydrogen-bond donors (Lipinski definition) is 1. The van der Waals surface area contributed by atoms with Crippen LogP contribution in [0.2, 0.25) is 0 Å². The number of rotatable bonds is 4. The van der Waals surface area contributed by atoms with E-state index in [0.29, 0.717) is 18.6 Å². The Bertz CT molecular complexity index is 562. The topological polar surface area (TPSA) is 30.5 Å². The molecule has 1 aliphatic heterocycles. The van der Waals surface area contributed by atoms with E-state index >= 15 is 0 Å². The Kier molecular flexibility index (Phi) is 3.24. The fourth-order valence-corrected chi connectivity index (χ4v) is 6.22. The molecular weight excluding hydrogens is 286 g/mol. The maximum absolute atomic E-state index is 5.68. The molecule has 23 heavy (non-hydrogen) atoms. The molecule has 0 radical (unpaired) electrons. The summed E-state index contributed by atoms with van der Waals surface area (Å²) in [5.41, 5.74) is 1.83. The minimum Gasteiger partial charge on any atom is -0.486 e. The quantitative estimate of drug-likeness (QED) is 0.889. The van der Waals surface area contributed by atoms with Crippen LogP contribution in [0.15, 0.2) is 18.2 Å². The highest BCUT2D eigenvalue weighted by Gasteiger charge is 2.50. The van der Waals surface area contributed by atoms with E-state index < -0.39 is 0 Å². The molecule has 0 atom stereocenters. The lowest BCUT2D eigenvalue weighted by molar-refractivity contribution is -0.0552. The number of nitrogens with one attached hydrogen (secondary N) is 1. The summed E-state index contributed by atoms with van der Waals surface area (Å²) in [6.45, 7) is 2.40. The molecule has 0 unspecified atom stereocenters. The number of hydrogen-bond acceptors (Lipinski definition) is 3. The van der Waals surface area contributed by atoms with Crippen LogP contribution in [0.5, 0.6) is 11.5 Å². The van der Waals surface area contributed by atoms with E-state index in [4.69, 9.17) is 9.47 Å². The van der Waals surface area contributed by atoms with Crippen LogP contribution < -0.4 is 14.8 Å². The number of fused-ring (bicyclic) bond motifs is 1. The molecular formula is C20H27NO2. The number of benzene rings is 1. The summed E-state index contributed by atoms with van der Waals surface area (Å²) in [5, 5.41) is 3.63. The number of anilines is 1. The van der Waals surface area contributed by atoms with Gasteiger partial charge in [-0.2, -0.15) is 0 Å². The lowest BCUT2D eigenvalue weighted by Gasteiger charge is -2.57. The molecule has 3 heteroatoms. The van der Waals surface area contributed by atoms with Gasteiger partial charge in [0.1, 0.15) is 13.2 Å². The SMILES string of the molecule is c1cc2c(cc1NCCC13CC4CC(CC(C4)C1)C3)OCCO2. The van der Waals surface area contributed by atoms with Gasteiger partial charge in [0.25, 0.3) is 0 Å². The first kappa shape index (κ1) is 14.0. The highest BCUT2D eigenvalue weighted by molar-refractivity contribution is 5.55. The fourth-order valence-electron chi connectivity index (χ4n) is 6.22. The Balaban J connectivity index is 1.22. The molecule has 0 aromatic heterocycles. The van der Waals surface area contributed by atoms with Crippen molar-refractivity contribution in [3.8, 4) is 11.5 Å². The summed E-state index contributed by atoms with van der Waals surface area (Å²) in [7, 11) is 0. The zero-order chi connectivity index (χ0) is 15.3. The maximum Gasteiger partial charge on any atom is 0.163 e. The summed E-state index contributed by atoms with van der Waals surface area (Å²) >= 11 is 0. The number of ether oxygens (including phenoxy) is 2.